The fourth-order valence-electron chi connectivity index (χ4n) is 2.16. The van der Waals surface area contributed by atoms with Crippen molar-refractivity contribution in [1.29, 1.82) is 0 Å². The van der Waals surface area contributed by atoms with Crippen molar-refractivity contribution in [3.8, 4) is 5.75 Å². The van der Waals surface area contributed by atoms with Crippen molar-refractivity contribution < 1.29 is 4.74 Å². The molecule has 108 valence electrons. The average molecular weight is 285 g/mol. The predicted molar refractivity (Wildman–Crippen MR) is 81.8 cm³/mol. The van der Waals surface area contributed by atoms with Gasteiger partial charge in [-0.2, -0.15) is 0 Å². The third-order valence-electron chi connectivity index (χ3n) is 3.19. The van der Waals surface area contributed by atoms with Crippen molar-refractivity contribution in [1.82, 2.24) is 4.90 Å². The van der Waals surface area contributed by atoms with E-state index in [1.165, 1.54) is 0 Å². The first-order valence-electron chi connectivity index (χ1n) is 6.82. The van der Waals surface area contributed by atoms with Crippen LogP contribution in [0, 0.1) is 0 Å². The minimum absolute atomic E-state index is 0.452. The lowest BCUT2D eigenvalue weighted by atomic mass is 10.2. The molecule has 0 saturated heterocycles. The zero-order valence-electron chi connectivity index (χ0n) is 12.3. The van der Waals surface area contributed by atoms with Gasteiger partial charge in [0.15, 0.2) is 0 Å². The van der Waals surface area contributed by atoms with Crippen LogP contribution < -0.4 is 10.5 Å². The number of ether oxygens (including phenoxy) is 1. The Balaban J connectivity index is 2.51. The second-order valence-electron chi connectivity index (χ2n) is 5.23. The molecule has 0 spiro atoms. The second kappa shape index (κ2) is 7.73. The normalized spacial score (nSPS) is 11.6. The van der Waals surface area contributed by atoms with Crippen molar-refractivity contribution in [2.45, 2.75) is 46.3 Å². The fraction of sp³-hybridized carbons (Fsp3) is 0.600. The highest BCUT2D eigenvalue weighted by Crippen LogP contribution is 2.22. The van der Waals surface area contributed by atoms with Gasteiger partial charge < -0.3 is 10.5 Å². The Hall–Kier alpha value is -0.770. The molecule has 1 rings (SSSR count). The van der Waals surface area contributed by atoms with Crippen LogP contribution in [-0.2, 0) is 6.54 Å². The molecule has 2 N–H and O–H groups in total. The average Bonchev–Trinajstić information content (AvgIpc) is 2.33. The molecule has 0 amide bonds. The number of benzene rings is 1. The molecule has 0 saturated carbocycles. The van der Waals surface area contributed by atoms with Crippen LogP contribution in [0.3, 0.4) is 0 Å². The molecule has 0 unspecified atom stereocenters. The van der Waals surface area contributed by atoms with Gasteiger partial charge in [0.1, 0.15) is 12.4 Å². The second-order valence-corrected chi connectivity index (χ2v) is 5.64. The summed E-state index contributed by atoms with van der Waals surface area (Å²) in [6.07, 6.45) is 0. The lowest BCUT2D eigenvalue weighted by Gasteiger charge is -2.30. The van der Waals surface area contributed by atoms with Crippen LogP contribution in [0.2, 0.25) is 5.02 Å². The number of nitrogens with two attached hydrogens (primary N) is 1. The molecule has 4 heteroatoms. The van der Waals surface area contributed by atoms with Crippen molar-refractivity contribution in [2.24, 2.45) is 5.73 Å². The third kappa shape index (κ3) is 5.01. The first-order valence-corrected chi connectivity index (χ1v) is 7.20. The molecule has 1 aromatic carbocycles. The van der Waals surface area contributed by atoms with Gasteiger partial charge >= 0.3 is 0 Å². The van der Waals surface area contributed by atoms with Gasteiger partial charge in [-0.15, -0.1) is 0 Å². The Kier molecular flexibility index (Phi) is 6.63. The highest BCUT2D eigenvalue weighted by molar-refractivity contribution is 6.31. The van der Waals surface area contributed by atoms with E-state index in [1.807, 2.05) is 18.2 Å². The Morgan fingerprint density at radius 1 is 1.21 bits per heavy atom. The summed E-state index contributed by atoms with van der Waals surface area (Å²) >= 11 is 6.10. The molecule has 1 aromatic rings. The molecular formula is C15H25ClN2O. The van der Waals surface area contributed by atoms with E-state index in [1.54, 1.807) is 0 Å². The van der Waals surface area contributed by atoms with Crippen LogP contribution in [0.15, 0.2) is 18.2 Å². The van der Waals surface area contributed by atoms with Crippen LogP contribution in [0.1, 0.15) is 33.3 Å². The van der Waals surface area contributed by atoms with Crippen molar-refractivity contribution in [2.75, 3.05) is 13.2 Å². The predicted octanol–water partition coefficient (Wildman–Crippen LogP) is 3.30. The molecule has 0 bridgehead atoms. The van der Waals surface area contributed by atoms with Crippen LogP contribution in [0.5, 0.6) is 5.75 Å². The first kappa shape index (κ1) is 16.3. The topological polar surface area (TPSA) is 38.5 Å². The van der Waals surface area contributed by atoms with Crippen molar-refractivity contribution in [3.05, 3.63) is 28.8 Å². The lowest BCUT2D eigenvalue weighted by Crippen LogP contribution is -2.39. The number of rotatable bonds is 7. The molecule has 19 heavy (non-hydrogen) atoms. The van der Waals surface area contributed by atoms with E-state index in [4.69, 9.17) is 22.1 Å². The summed E-state index contributed by atoms with van der Waals surface area (Å²) in [5.41, 5.74) is 6.52. The van der Waals surface area contributed by atoms with Crippen LogP contribution in [-0.4, -0.2) is 30.1 Å². The lowest BCUT2D eigenvalue weighted by molar-refractivity contribution is 0.142. The maximum Gasteiger partial charge on any atom is 0.120 e. The van der Waals surface area contributed by atoms with Gasteiger partial charge in [-0.25, -0.2) is 0 Å². The summed E-state index contributed by atoms with van der Waals surface area (Å²) in [5, 5.41) is 0.671. The number of halogens is 1. The minimum atomic E-state index is 0.452. The van der Waals surface area contributed by atoms with Gasteiger partial charge in [-0.05, 0) is 45.4 Å². The molecule has 0 aromatic heterocycles. The largest absolute Gasteiger partial charge is 0.492 e. The van der Waals surface area contributed by atoms with Gasteiger partial charge in [0.25, 0.3) is 0 Å². The molecule has 3 nitrogen and oxygen atoms in total. The smallest absolute Gasteiger partial charge is 0.120 e. The van der Waals surface area contributed by atoms with Gasteiger partial charge in [0, 0.05) is 30.2 Å². The van der Waals surface area contributed by atoms with E-state index >= 15 is 0 Å². The molecule has 0 heterocycles. The summed E-state index contributed by atoms with van der Waals surface area (Å²) in [6.45, 7) is 10.8. The van der Waals surface area contributed by atoms with Gasteiger partial charge in [-0.1, -0.05) is 17.7 Å². The maximum atomic E-state index is 6.10. The van der Waals surface area contributed by atoms with E-state index in [9.17, 15) is 0 Å². The number of hydrogen-bond donors (Lipinski definition) is 1. The fourth-order valence-corrected chi connectivity index (χ4v) is 2.41. The van der Waals surface area contributed by atoms with E-state index in [0.717, 1.165) is 17.9 Å². The zero-order chi connectivity index (χ0) is 14.4. The summed E-state index contributed by atoms with van der Waals surface area (Å²) in [5.74, 6) is 0.801. The third-order valence-corrected chi connectivity index (χ3v) is 3.54. The van der Waals surface area contributed by atoms with E-state index in [2.05, 4.69) is 32.6 Å². The molecule has 0 radical (unpaired) electrons. The van der Waals surface area contributed by atoms with E-state index in [-0.39, 0.29) is 0 Å². The monoisotopic (exact) mass is 284 g/mol. The molecule has 0 aliphatic heterocycles. The van der Waals surface area contributed by atoms with Gasteiger partial charge in [0.05, 0.1) is 0 Å². The van der Waals surface area contributed by atoms with Gasteiger partial charge in [0.2, 0.25) is 0 Å². The molecule has 0 aliphatic carbocycles. The summed E-state index contributed by atoms with van der Waals surface area (Å²) in [4.78, 5) is 2.40. The molecule has 0 aliphatic rings. The standard InChI is InChI=1S/C15H25ClN2O/c1-11(2)18(12(3)4)7-8-19-14-6-5-13(10-17)15(16)9-14/h5-6,9,11-12H,7-8,10,17H2,1-4H3. The maximum absolute atomic E-state index is 6.10. The number of hydrogen-bond acceptors (Lipinski definition) is 3. The summed E-state index contributed by atoms with van der Waals surface area (Å²) < 4.78 is 5.75. The van der Waals surface area contributed by atoms with Crippen molar-refractivity contribution >= 4 is 11.6 Å². The number of nitrogens with zero attached hydrogens (tertiary/aromatic N) is 1. The Morgan fingerprint density at radius 2 is 1.84 bits per heavy atom. The highest BCUT2D eigenvalue weighted by Gasteiger charge is 2.12. The van der Waals surface area contributed by atoms with Crippen LogP contribution in [0.4, 0.5) is 0 Å². The molecule has 0 fully saturated rings. The van der Waals surface area contributed by atoms with E-state index < -0.39 is 0 Å². The molecular weight excluding hydrogens is 260 g/mol. The molecule has 0 atom stereocenters. The van der Waals surface area contributed by atoms with E-state index in [0.29, 0.717) is 30.3 Å². The zero-order valence-corrected chi connectivity index (χ0v) is 13.1. The Labute approximate surface area is 121 Å². The van der Waals surface area contributed by atoms with Crippen LogP contribution in [0.25, 0.3) is 0 Å². The summed E-state index contributed by atoms with van der Waals surface area (Å²) in [7, 11) is 0. The Bertz CT molecular complexity index is 386. The first-order chi connectivity index (χ1) is 8.95. The SMILES string of the molecule is CC(C)N(CCOc1ccc(CN)c(Cl)c1)C(C)C. The minimum Gasteiger partial charge on any atom is -0.492 e. The Morgan fingerprint density at radius 3 is 2.32 bits per heavy atom. The highest BCUT2D eigenvalue weighted by atomic mass is 35.5. The van der Waals surface area contributed by atoms with Gasteiger partial charge in [-0.3, -0.25) is 4.90 Å². The summed E-state index contributed by atoms with van der Waals surface area (Å²) in [6, 6.07) is 6.71. The van der Waals surface area contributed by atoms with Crippen molar-refractivity contribution in [3.63, 3.8) is 0 Å². The quantitative estimate of drug-likeness (QED) is 0.835. The van der Waals surface area contributed by atoms with Crippen LogP contribution >= 0.6 is 11.6 Å².